The number of hydrogen-bond acceptors (Lipinski definition) is 3. The molecule has 3 heteroatoms. The first-order chi connectivity index (χ1) is 6.81. The molecule has 2 rings (SSSR count). The fraction of sp³-hybridized carbons (Fsp3) is 0.455. The van der Waals surface area contributed by atoms with Crippen molar-refractivity contribution in [2.45, 2.75) is 13.3 Å². The van der Waals surface area contributed by atoms with Crippen molar-refractivity contribution in [2.24, 2.45) is 0 Å². The van der Waals surface area contributed by atoms with Crippen LogP contribution < -0.4 is 14.4 Å². The van der Waals surface area contributed by atoms with Gasteiger partial charge in [-0.05, 0) is 18.6 Å². The number of ether oxygens (including phenoxy) is 2. The number of rotatable bonds is 3. The molecule has 0 amide bonds. The monoisotopic (exact) mass is 193 g/mol. The molecule has 0 unspecified atom stereocenters. The minimum absolute atomic E-state index is 0.344. The van der Waals surface area contributed by atoms with Crippen LogP contribution in [0, 0.1) is 0 Å². The fourth-order valence-corrected chi connectivity index (χ4v) is 1.59. The maximum atomic E-state index is 5.32. The Morgan fingerprint density at radius 1 is 1.29 bits per heavy atom. The number of nitrogens with zero attached hydrogens (tertiary/aromatic N) is 1. The quantitative estimate of drug-likeness (QED) is 0.735. The highest BCUT2D eigenvalue weighted by molar-refractivity contribution is 5.56. The molecule has 0 fully saturated rings. The van der Waals surface area contributed by atoms with Crippen LogP contribution in [0.4, 0.5) is 5.69 Å². The summed E-state index contributed by atoms with van der Waals surface area (Å²) < 4.78 is 10.6. The number of hydrogen-bond donors (Lipinski definition) is 0. The Labute approximate surface area is 84.2 Å². The summed E-state index contributed by atoms with van der Waals surface area (Å²) in [4.78, 5) is 2.21. The van der Waals surface area contributed by atoms with Crippen LogP contribution in [0.25, 0.3) is 0 Å². The number of fused-ring (bicyclic) bond motifs is 1. The van der Waals surface area contributed by atoms with Gasteiger partial charge in [-0.1, -0.05) is 6.92 Å². The first-order valence-electron chi connectivity index (χ1n) is 4.92. The van der Waals surface area contributed by atoms with E-state index in [1.165, 1.54) is 5.69 Å². The fourth-order valence-electron chi connectivity index (χ4n) is 1.59. The van der Waals surface area contributed by atoms with Crippen LogP contribution in [0.5, 0.6) is 11.5 Å². The molecule has 3 nitrogen and oxygen atoms in total. The van der Waals surface area contributed by atoms with Crippen molar-refractivity contribution in [3.63, 3.8) is 0 Å². The molecule has 0 radical (unpaired) electrons. The highest BCUT2D eigenvalue weighted by atomic mass is 16.7. The Kier molecular flexibility index (Phi) is 2.48. The van der Waals surface area contributed by atoms with Crippen LogP contribution in [0.15, 0.2) is 18.2 Å². The Morgan fingerprint density at radius 3 is 2.86 bits per heavy atom. The molecule has 0 N–H and O–H groups in total. The molecule has 0 aromatic heterocycles. The van der Waals surface area contributed by atoms with Crippen LogP contribution in [0.1, 0.15) is 13.3 Å². The van der Waals surface area contributed by atoms with Crippen LogP contribution in [0.3, 0.4) is 0 Å². The molecule has 1 aromatic carbocycles. The number of anilines is 1. The van der Waals surface area contributed by atoms with Gasteiger partial charge in [0.2, 0.25) is 6.79 Å². The maximum absolute atomic E-state index is 5.32. The zero-order valence-corrected chi connectivity index (χ0v) is 8.62. The third-order valence-corrected chi connectivity index (χ3v) is 2.36. The van der Waals surface area contributed by atoms with E-state index in [1.807, 2.05) is 12.1 Å². The van der Waals surface area contributed by atoms with E-state index in [2.05, 4.69) is 24.9 Å². The largest absolute Gasteiger partial charge is 0.454 e. The summed E-state index contributed by atoms with van der Waals surface area (Å²) >= 11 is 0. The average Bonchev–Trinajstić information content (AvgIpc) is 2.64. The van der Waals surface area contributed by atoms with Crippen LogP contribution in [-0.2, 0) is 0 Å². The zero-order chi connectivity index (χ0) is 9.97. The van der Waals surface area contributed by atoms with Crippen LogP contribution in [-0.4, -0.2) is 20.4 Å². The zero-order valence-electron chi connectivity index (χ0n) is 8.62. The van der Waals surface area contributed by atoms with Gasteiger partial charge in [-0.2, -0.15) is 0 Å². The summed E-state index contributed by atoms with van der Waals surface area (Å²) in [5, 5.41) is 0. The molecule has 0 saturated carbocycles. The van der Waals surface area contributed by atoms with Gasteiger partial charge in [0.25, 0.3) is 0 Å². The molecule has 1 aliphatic rings. The minimum Gasteiger partial charge on any atom is -0.454 e. The van der Waals surface area contributed by atoms with Gasteiger partial charge in [-0.15, -0.1) is 0 Å². The minimum atomic E-state index is 0.344. The summed E-state index contributed by atoms with van der Waals surface area (Å²) in [7, 11) is 2.08. The Hall–Kier alpha value is -1.38. The second-order valence-corrected chi connectivity index (χ2v) is 3.46. The summed E-state index contributed by atoms with van der Waals surface area (Å²) in [6.45, 7) is 3.57. The molecule has 0 aliphatic carbocycles. The summed E-state index contributed by atoms with van der Waals surface area (Å²) in [6, 6.07) is 6.05. The van der Waals surface area contributed by atoms with Crippen molar-refractivity contribution in [2.75, 3.05) is 25.3 Å². The molecule has 0 bridgehead atoms. The van der Waals surface area contributed by atoms with Gasteiger partial charge in [0.1, 0.15) is 0 Å². The first kappa shape index (κ1) is 9.19. The Morgan fingerprint density at radius 2 is 2.07 bits per heavy atom. The Bertz CT molecular complexity index is 325. The van der Waals surface area contributed by atoms with E-state index in [0.717, 1.165) is 24.5 Å². The predicted octanol–water partition coefficient (Wildman–Crippen LogP) is 2.26. The molecular weight excluding hydrogens is 178 g/mol. The third-order valence-electron chi connectivity index (χ3n) is 2.36. The second kappa shape index (κ2) is 3.78. The molecule has 0 atom stereocenters. The lowest BCUT2D eigenvalue weighted by Crippen LogP contribution is -2.17. The van der Waals surface area contributed by atoms with Crippen molar-refractivity contribution in [3.8, 4) is 11.5 Å². The van der Waals surface area contributed by atoms with E-state index >= 15 is 0 Å². The van der Waals surface area contributed by atoms with E-state index in [-0.39, 0.29) is 0 Å². The summed E-state index contributed by atoms with van der Waals surface area (Å²) in [5.41, 5.74) is 1.18. The Balaban J connectivity index is 2.19. The highest BCUT2D eigenvalue weighted by Gasteiger charge is 2.14. The smallest absolute Gasteiger partial charge is 0.231 e. The molecule has 76 valence electrons. The third kappa shape index (κ3) is 1.62. The van der Waals surface area contributed by atoms with E-state index < -0.39 is 0 Å². The van der Waals surface area contributed by atoms with Gasteiger partial charge in [0.15, 0.2) is 11.5 Å². The molecule has 14 heavy (non-hydrogen) atoms. The van der Waals surface area contributed by atoms with Gasteiger partial charge >= 0.3 is 0 Å². The lowest BCUT2D eigenvalue weighted by atomic mass is 10.2. The van der Waals surface area contributed by atoms with E-state index in [4.69, 9.17) is 9.47 Å². The molecule has 0 saturated heterocycles. The topological polar surface area (TPSA) is 21.7 Å². The van der Waals surface area contributed by atoms with Crippen molar-refractivity contribution in [3.05, 3.63) is 18.2 Å². The molecule has 1 aromatic rings. The lowest BCUT2D eigenvalue weighted by molar-refractivity contribution is 0.174. The molecule has 1 aliphatic heterocycles. The maximum Gasteiger partial charge on any atom is 0.231 e. The van der Waals surface area contributed by atoms with Crippen LogP contribution in [0.2, 0.25) is 0 Å². The van der Waals surface area contributed by atoms with Crippen molar-refractivity contribution >= 4 is 5.69 Å². The van der Waals surface area contributed by atoms with E-state index in [9.17, 15) is 0 Å². The lowest BCUT2D eigenvalue weighted by Gasteiger charge is -2.18. The van der Waals surface area contributed by atoms with Gasteiger partial charge in [-0.25, -0.2) is 0 Å². The molecule has 1 heterocycles. The summed E-state index contributed by atoms with van der Waals surface area (Å²) in [6.07, 6.45) is 1.14. The van der Waals surface area contributed by atoms with Gasteiger partial charge in [0.05, 0.1) is 0 Å². The van der Waals surface area contributed by atoms with Crippen LogP contribution >= 0.6 is 0 Å². The predicted molar refractivity (Wildman–Crippen MR) is 56.1 cm³/mol. The number of benzene rings is 1. The van der Waals surface area contributed by atoms with Crippen molar-refractivity contribution in [1.82, 2.24) is 0 Å². The van der Waals surface area contributed by atoms with Gasteiger partial charge < -0.3 is 14.4 Å². The van der Waals surface area contributed by atoms with E-state index in [0.29, 0.717) is 6.79 Å². The normalized spacial score (nSPS) is 13.0. The average molecular weight is 193 g/mol. The van der Waals surface area contributed by atoms with E-state index in [1.54, 1.807) is 0 Å². The SMILES string of the molecule is CCCN(C)c1ccc2c(c1)OCO2. The summed E-state index contributed by atoms with van der Waals surface area (Å²) in [5.74, 6) is 1.70. The van der Waals surface area contributed by atoms with Crippen molar-refractivity contribution < 1.29 is 9.47 Å². The molecule has 0 spiro atoms. The standard InChI is InChI=1S/C11H15NO2/c1-3-6-12(2)9-4-5-10-11(7-9)14-8-13-10/h4-5,7H,3,6,8H2,1-2H3. The molecular formula is C11H15NO2. The second-order valence-electron chi connectivity index (χ2n) is 3.46. The highest BCUT2D eigenvalue weighted by Crippen LogP contribution is 2.35. The van der Waals surface area contributed by atoms with Gasteiger partial charge in [0, 0.05) is 25.3 Å². The van der Waals surface area contributed by atoms with Gasteiger partial charge in [-0.3, -0.25) is 0 Å². The first-order valence-corrected chi connectivity index (χ1v) is 4.92. The van der Waals surface area contributed by atoms with Crippen molar-refractivity contribution in [1.29, 1.82) is 0 Å².